The average Bonchev–Trinajstić information content (AvgIpc) is 3.19. The lowest BCUT2D eigenvalue weighted by Crippen LogP contribution is -2.35. The molecule has 0 saturated carbocycles. The van der Waals surface area contributed by atoms with E-state index in [-0.39, 0.29) is 11.3 Å². The first-order valence-corrected chi connectivity index (χ1v) is 8.85. The van der Waals surface area contributed by atoms with Gasteiger partial charge in [-0.15, -0.1) is 11.3 Å². The van der Waals surface area contributed by atoms with Gasteiger partial charge in [0.2, 0.25) is 5.91 Å². The fraction of sp³-hybridized carbons (Fsp3) is 0.222. The Morgan fingerprint density at radius 3 is 2.96 bits per heavy atom. The third-order valence-corrected chi connectivity index (χ3v) is 5.32. The highest BCUT2D eigenvalue weighted by Gasteiger charge is 2.21. The van der Waals surface area contributed by atoms with E-state index in [1.807, 2.05) is 40.2 Å². The highest BCUT2D eigenvalue weighted by Crippen LogP contribution is 2.26. The summed E-state index contributed by atoms with van der Waals surface area (Å²) in [4.78, 5) is 17.6. The second kappa shape index (κ2) is 6.79. The van der Waals surface area contributed by atoms with Crippen LogP contribution in [0.15, 0.2) is 48.0 Å². The minimum Gasteiger partial charge on any atom is -0.352 e. The first kappa shape index (κ1) is 16.7. The molecule has 24 heavy (non-hydrogen) atoms. The van der Waals surface area contributed by atoms with Gasteiger partial charge in [-0.1, -0.05) is 37.6 Å². The lowest BCUT2D eigenvalue weighted by molar-refractivity contribution is -0.116. The van der Waals surface area contributed by atoms with Crippen LogP contribution in [-0.4, -0.2) is 21.8 Å². The van der Waals surface area contributed by atoms with Crippen molar-refractivity contribution in [3.63, 3.8) is 0 Å². The zero-order valence-electron chi connectivity index (χ0n) is 13.5. The van der Waals surface area contributed by atoms with Gasteiger partial charge in [-0.2, -0.15) is 0 Å². The first-order chi connectivity index (χ1) is 11.5. The largest absolute Gasteiger partial charge is 0.352 e. The summed E-state index contributed by atoms with van der Waals surface area (Å²) in [6.07, 6.45) is 5.05. The number of fused-ring (bicyclic) bond motifs is 1. The summed E-state index contributed by atoms with van der Waals surface area (Å²) in [5.74, 6) is -0.151. The molecule has 0 atom stereocenters. The van der Waals surface area contributed by atoms with Crippen LogP contribution in [0.25, 0.3) is 11.7 Å². The minimum absolute atomic E-state index is 0.0986. The number of hydrogen-bond donors (Lipinski definition) is 1. The maximum atomic E-state index is 12.1. The first-order valence-electron chi connectivity index (χ1n) is 7.60. The summed E-state index contributed by atoms with van der Waals surface area (Å²) in [5, 5.41) is 5.38. The molecule has 6 heteroatoms. The Morgan fingerprint density at radius 1 is 1.38 bits per heavy atom. The van der Waals surface area contributed by atoms with Gasteiger partial charge < -0.3 is 5.32 Å². The molecule has 0 unspecified atom stereocenters. The third kappa shape index (κ3) is 3.52. The Morgan fingerprint density at radius 2 is 2.21 bits per heavy atom. The van der Waals surface area contributed by atoms with E-state index in [4.69, 9.17) is 11.6 Å². The number of carbonyl (C=O) groups excluding carboxylic acids is 1. The van der Waals surface area contributed by atoms with Crippen LogP contribution in [0.1, 0.15) is 24.4 Å². The SMILES string of the molecule is CC(C)(CNC(=O)C=Cc1c(Cl)nc2ccccn12)c1cccs1. The van der Waals surface area contributed by atoms with Crippen LogP contribution in [0.3, 0.4) is 0 Å². The van der Waals surface area contributed by atoms with Crippen LogP contribution in [0.5, 0.6) is 0 Å². The molecule has 3 aromatic heterocycles. The summed E-state index contributed by atoms with van der Waals surface area (Å²) < 4.78 is 1.85. The Hall–Kier alpha value is -2.11. The number of thiophene rings is 1. The lowest BCUT2D eigenvalue weighted by atomic mass is 9.91. The summed E-state index contributed by atoms with van der Waals surface area (Å²) in [7, 11) is 0. The van der Waals surface area contributed by atoms with Gasteiger partial charge in [-0.05, 0) is 29.7 Å². The zero-order valence-corrected chi connectivity index (χ0v) is 15.1. The van der Waals surface area contributed by atoms with E-state index in [1.165, 1.54) is 11.0 Å². The molecular formula is C18H18ClN3OS. The number of rotatable bonds is 5. The van der Waals surface area contributed by atoms with E-state index in [2.05, 4.69) is 30.2 Å². The van der Waals surface area contributed by atoms with Crippen molar-refractivity contribution in [3.05, 3.63) is 63.7 Å². The molecule has 0 saturated heterocycles. The molecule has 0 bridgehead atoms. The van der Waals surface area contributed by atoms with E-state index in [0.717, 1.165) is 5.65 Å². The van der Waals surface area contributed by atoms with Gasteiger partial charge in [0, 0.05) is 29.1 Å². The number of aromatic nitrogens is 2. The number of nitrogens with one attached hydrogen (secondary N) is 1. The van der Waals surface area contributed by atoms with Crippen molar-refractivity contribution in [2.24, 2.45) is 0 Å². The van der Waals surface area contributed by atoms with Crippen molar-refractivity contribution in [1.29, 1.82) is 0 Å². The second-order valence-electron chi connectivity index (χ2n) is 6.13. The smallest absolute Gasteiger partial charge is 0.244 e. The number of pyridine rings is 1. The second-order valence-corrected chi connectivity index (χ2v) is 7.43. The molecule has 124 valence electrons. The van der Waals surface area contributed by atoms with Gasteiger partial charge in [0.05, 0.1) is 5.69 Å². The Bertz CT molecular complexity index is 881. The molecular weight excluding hydrogens is 342 g/mol. The number of imidazole rings is 1. The maximum absolute atomic E-state index is 12.1. The Balaban J connectivity index is 1.68. The summed E-state index contributed by atoms with van der Waals surface area (Å²) in [6.45, 7) is 4.80. The highest BCUT2D eigenvalue weighted by atomic mass is 35.5. The molecule has 0 spiro atoms. The van der Waals surface area contributed by atoms with Gasteiger partial charge in [0.1, 0.15) is 5.65 Å². The molecule has 3 rings (SSSR count). The molecule has 0 fully saturated rings. The van der Waals surface area contributed by atoms with Gasteiger partial charge in [-0.3, -0.25) is 9.20 Å². The van der Waals surface area contributed by atoms with E-state index in [9.17, 15) is 4.79 Å². The highest BCUT2D eigenvalue weighted by molar-refractivity contribution is 7.10. The predicted octanol–water partition coefficient (Wildman–Crippen LogP) is 4.16. The quantitative estimate of drug-likeness (QED) is 0.695. The summed E-state index contributed by atoms with van der Waals surface area (Å²) in [6, 6.07) is 9.77. The zero-order chi connectivity index (χ0) is 17.2. The third-order valence-electron chi connectivity index (χ3n) is 3.81. The van der Waals surface area contributed by atoms with Gasteiger partial charge in [-0.25, -0.2) is 4.98 Å². The van der Waals surface area contributed by atoms with Crippen molar-refractivity contribution < 1.29 is 4.79 Å². The number of carbonyl (C=O) groups is 1. The number of nitrogens with zero attached hydrogens (tertiary/aromatic N) is 2. The fourth-order valence-electron chi connectivity index (χ4n) is 2.41. The molecule has 3 aromatic rings. The standard InChI is InChI=1S/C18H18ClN3OS/c1-18(2,14-6-5-11-24-14)12-20-16(23)9-8-13-17(19)21-15-7-3-4-10-22(13)15/h3-11H,12H2,1-2H3,(H,20,23). The summed E-state index contributed by atoms with van der Waals surface area (Å²) in [5.41, 5.74) is 1.35. The van der Waals surface area contributed by atoms with Crippen molar-refractivity contribution in [1.82, 2.24) is 14.7 Å². The van der Waals surface area contributed by atoms with Crippen LogP contribution in [-0.2, 0) is 10.2 Å². The fourth-order valence-corrected chi connectivity index (χ4v) is 3.50. The van der Waals surface area contributed by atoms with Crippen LogP contribution in [0.2, 0.25) is 5.15 Å². The Kier molecular flexibility index (Phi) is 4.73. The molecule has 0 aliphatic heterocycles. The van der Waals surface area contributed by atoms with Gasteiger partial charge in [0.25, 0.3) is 0 Å². The number of amides is 1. The Labute approximate surface area is 149 Å². The van der Waals surface area contributed by atoms with Crippen molar-refractivity contribution in [2.45, 2.75) is 19.3 Å². The topological polar surface area (TPSA) is 46.4 Å². The van der Waals surface area contributed by atoms with Crippen LogP contribution < -0.4 is 5.32 Å². The van der Waals surface area contributed by atoms with Crippen molar-refractivity contribution in [3.8, 4) is 0 Å². The average molecular weight is 360 g/mol. The predicted molar refractivity (Wildman–Crippen MR) is 99.6 cm³/mol. The molecule has 0 aliphatic rings. The molecule has 3 heterocycles. The van der Waals surface area contributed by atoms with Crippen molar-refractivity contribution >= 4 is 40.6 Å². The molecule has 0 aliphatic carbocycles. The van der Waals surface area contributed by atoms with Crippen LogP contribution >= 0.6 is 22.9 Å². The summed E-state index contributed by atoms with van der Waals surface area (Å²) >= 11 is 7.85. The van der Waals surface area contributed by atoms with E-state index >= 15 is 0 Å². The van der Waals surface area contributed by atoms with Gasteiger partial charge >= 0.3 is 0 Å². The lowest BCUT2D eigenvalue weighted by Gasteiger charge is -2.23. The van der Waals surface area contributed by atoms with E-state index in [0.29, 0.717) is 17.4 Å². The van der Waals surface area contributed by atoms with Crippen LogP contribution in [0.4, 0.5) is 0 Å². The van der Waals surface area contributed by atoms with E-state index < -0.39 is 0 Å². The van der Waals surface area contributed by atoms with Crippen LogP contribution in [0, 0.1) is 0 Å². The number of halogens is 1. The van der Waals surface area contributed by atoms with Gasteiger partial charge in [0.15, 0.2) is 5.15 Å². The molecule has 1 N–H and O–H groups in total. The molecule has 1 amide bonds. The molecule has 0 radical (unpaired) electrons. The normalized spacial score (nSPS) is 12.1. The maximum Gasteiger partial charge on any atom is 0.244 e. The molecule has 4 nitrogen and oxygen atoms in total. The monoisotopic (exact) mass is 359 g/mol. The molecule has 0 aromatic carbocycles. The van der Waals surface area contributed by atoms with Crippen molar-refractivity contribution in [2.75, 3.05) is 6.54 Å². The minimum atomic E-state index is -0.151. The van der Waals surface area contributed by atoms with E-state index in [1.54, 1.807) is 17.4 Å². The number of hydrogen-bond acceptors (Lipinski definition) is 3.